The number of anilines is 1. The molecule has 0 aliphatic heterocycles. The Morgan fingerprint density at radius 3 is 2.08 bits per heavy atom. The van der Waals surface area contributed by atoms with Gasteiger partial charge >= 0.3 is 39.9 Å². The zero-order valence-electron chi connectivity index (χ0n) is 5.86. The third kappa shape index (κ3) is 5.51. The van der Waals surface area contributed by atoms with E-state index in [1.54, 1.807) is 0 Å². The van der Waals surface area contributed by atoms with E-state index in [1.165, 1.54) is 24.3 Å². The number of halogens is 1. The first-order chi connectivity index (χ1) is 5.47. The monoisotopic (exact) mass is 231 g/mol. The van der Waals surface area contributed by atoms with Gasteiger partial charge in [0.15, 0.2) is 0 Å². The molecule has 68 valence electrons. The summed E-state index contributed by atoms with van der Waals surface area (Å²) in [5.74, 6) is 0. The van der Waals surface area contributed by atoms with E-state index in [9.17, 15) is 8.42 Å². The molecule has 0 saturated heterocycles. The van der Waals surface area contributed by atoms with Crippen molar-refractivity contribution in [1.29, 1.82) is 0 Å². The number of nitrogens with one attached hydrogen (secondary N) is 1. The predicted molar refractivity (Wildman–Crippen MR) is 53.8 cm³/mol. The average Bonchev–Trinajstić information content (AvgIpc) is 1.91. The molecule has 0 saturated carbocycles. The third-order valence-corrected chi connectivity index (χ3v) is 1.84. The fraction of sp³-hybridized carbons (Fsp3) is 0. The molecule has 0 amide bonds. The quantitative estimate of drug-likeness (QED) is 0.587. The van der Waals surface area contributed by atoms with Gasteiger partial charge in [0.2, 0.25) is 0 Å². The van der Waals surface area contributed by atoms with Crippen LogP contribution in [0.1, 0.15) is 0 Å². The van der Waals surface area contributed by atoms with Crippen LogP contribution >= 0.6 is 11.6 Å². The molecule has 0 fully saturated rings. The van der Waals surface area contributed by atoms with Gasteiger partial charge in [-0.15, -0.1) is 0 Å². The van der Waals surface area contributed by atoms with Crippen molar-refractivity contribution in [2.24, 2.45) is 0 Å². The molecule has 0 atom stereocenters. The Bertz CT molecular complexity index is 364. The summed E-state index contributed by atoms with van der Waals surface area (Å²) in [6.45, 7) is 0. The zero-order valence-corrected chi connectivity index (χ0v) is 7.43. The summed E-state index contributed by atoms with van der Waals surface area (Å²) in [4.78, 5) is 0. The molecular weight excluding hydrogens is 225 g/mol. The molecule has 1 aromatic rings. The maximum atomic E-state index is 10.3. The molecule has 0 aliphatic rings. The maximum absolute atomic E-state index is 10.3. The fourth-order valence-corrected chi connectivity index (χ4v) is 1.23. The molecule has 0 unspecified atom stereocenters. The molecule has 1 rings (SSSR count). The fourth-order valence-electron chi connectivity index (χ4n) is 0.667. The van der Waals surface area contributed by atoms with Crippen LogP contribution in [0, 0.1) is 0 Å². The van der Waals surface area contributed by atoms with E-state index in [4.69, 9.17) is 16.2 Å². The van der Waals surface area contributed by atoms with Crippen molar-refractivity contribution >= 4 is 57.1 Å². The van der Waals surface area contributed by atoms with Crippen LogP contribution in [0.25, 0.3) is 0 Å². The predicted octanol–water partition coefficient (Wildman–Crippen LogP) is 0.906. The molecule has 0 radical (unpaired) electrons. The van der Waals surface area contributed by atoms with Crippen LogP contribution in [0.15, 0.2) is 24.3 Å². The summed E-state index contributed by atoms with van der Waals surface area (Å²) in [5.41, 5.74) is 0.266. The SMILES string of the molecule is O=S(=O)(O)Nc1ccc(Cl)cc1.[NaH]. The van der Waals surface area contributed by atoms with Gasteiger partial charge in [-0.1, -0.05) is 11.6 Å². The van der Waals surface area contributed by atoms with Gasteiger partial charge in [-0.05, 0) is 24.3 Å². The second-order valence-corrected chi connectivity index (χ2v) is 3.67. The van der Waals surface area contributed by atoms with Crippen LogP contribution in [0.4, 0.5) is 5.69 Å². The first kappa shape index (κ1) is 13.2. The Morgan fingerprint density at radius 1 is 1.23 bits per heavy atom. The second-order valence-electron chi connectivity index (χ2n) is 2.08. The first-order valence-electron chi connectivity index (χ1n) is 2.98. The summed E-state index contributed by atoms with van der Waals surface area (Å²) in [6, 6.07) is 5.90. The van der Waals surface area contributed by atoms with E-state index >= 15 is 0 Å². The van der Waals surface area contributed by atoms with Gasteiger partial charge in [0.05, 0.1) is 5.69 Å². The minimum atomic E-state index is -4.18. The van der Waals surface area contributed by atoms with E-state index in [0.717, 1.165) is 0 Å². The number of benzene rings is 1. The Balaban J connectivity index is 0.00000144. The van der Waals surface area contributed by atoms with Gasteiger partial charge in [0.1, 0.15) is 0 Å². The standard InChI is InChI=1S/C6H6ClNO3S.Na.H/c7-5-1-3-6(4-2-5)8-12(9,10)11;;/h1-4,8H,(H,9,10,11);;. The summed E-state index contributed by atoms with van der Waals surface area (Å²) < 4.78 is 30.8. The summed E-state index contributed by atoms with van der Waals surface area (Å²) in [6.07, 6.45) is 0. The number of rotatable bonds is 2. The molecule has 0 bridgehead atoms. The molecule has 0 heterocycles. The van der Waals surface area contributed by atoms with Gasteiger partial charge in [-0.2, -0.15) is 8.42 Å². The van der Waals surface area contributed by atoms with Crippen LogP contribution in [0.3, 0.4) is 0 Å². The minimum absolute atomic E-state index is 0. The van der Waals surface area contributed by atoms with Gasteiger partial charge in [-0.3, -0.25) is 9.27 Å². The number of hydrogen-bond acceptors (Lipinski definition) is 2. The molecule has 7 heteroatoms. The van der Waals surface area contributed by atoms with Crippen molar-refractivity contribution in [3.63, 3.8) is 0 Å². The summed E-state index contributed by atoms with van der Waals surface area (Å²) in [5, 5.41) is 0.496. The van der Waals surface area contributed by atoms with Crippen molar-refractivity contribution in [1.82, 2.24) is 0 Å². The van der Waals surface area contributed by atoms with E-state index in [1.807, 2.05) is 4.72 Å². The molecule has 13 heavy (non-hydrogen) atoms. The molecule has 2 N–H and O–H groups in total. The summed E-state index contributed by atoms with van der Waals surface area (Å²) in [7, 11) is -4.18. The van der Waals surface area contributed by atoms with Crippen molar-refractivity contribution in [2.45, 2.75) is 0 Å². The normalized spacial score (nSPS) is 10.3. The van der Waals surface area contributed by atoms with Gasteiger partial charge in [0.25, 0.3) is 0 Å². The van der Waals surface area contributed by atoms with Gasteiger partial charge < -0.3 is 0 Å². The van der Waals surface area contributed by atoms with Crippen LogP contribution < -0.4 is 4.72 Å². The zero-order chi connectivity index (χ0) is 9.19. The summed E-state index contributed by atoms with van der Waals surface area (Å²) >= 11 is 5.54. The first-order valence-corrected chi connectivity index (χ1v) is 4.80. The van der Waals surface area contributed by atoms with Gasteiger partial charge in [0, 0.05) is 5.02 Å². The second kappa shape index (κ2) is 5.19. The van der Waals surface area contributed by atoms with E-state index in [2.05, 4.69) is 0 Å². The van der Waals surface area contributed by atoms with Crippen molar-refractivity contribution in [3.05, 3.63) is 29.3 Å². The van der Waals surface area contributed by atoms with Crippen molar-refractivity contribution < 1.29 is 13.0 Å². The molecule has 4 nitrogen and oxygen atoms in total. The molecule has 0 spiro atoms. The van der Waals surface area contributed by atoms with E-state index in [0.29, 0.717) is 5.02 Å². The molecule has 0 aromatic heterocycles. The number of hydrogen-bond donors (Lipinski definition) is 2. The topological polar surface area (TPSA) is 66.4 Å². The molecule has 0 aliphatic carbocycles. The van der Waals surface area contributed by atoms with Gasteiger partial charge in [-0.25, -0.2) is 0 Å². The van der Waals surface area contributed by atoms with Crippen LogP contribution in [0.5, 0.6) is 0 Å². The average molecular weight is 232 g/mol. The van der Waals surface area contributed by atoms with Crippen LogP contribution in [0.2, 0.25) is 5.02 Å². The third-order valence-electron chi connectivity index (χ3n) is 1.09. The Hall–Kier alpha value is 0.220. The Morgan fingerprint density at radius 2 is 1.69 bits per heavy atom. The molecular formula is C6H7ClNNaO3S. The molecule has 1 aromatic carbocycles. The van der Waals surface area contributed by atoms with E-state index in [-0.39, 0.29) is 35.2 Å². The Labute approximate surface area is 103 Å². The van der Waals surface area contributed by atoms with Crippen LogP contribution in [-0.4, -0.2) is 42.5 Å². The Kier molecular flexibility index (Phi) is 5.28. The van der Waals surface area contributed by atoms with Crippen LogP contribution in [-0.2, 0) is 10.3 Å². The van der Waals surface area contributed by atoms with E-state index < -0.39 is 10.3 Å². The van der Waals surface area contributed by atoms with Crippen molar-refractivity contribution in [3.8, 4) is 0 Å². The van der Waals surface area contributed by atoms with Crippen molar-refractivity contribution in [2.75, 3.05) is 4.72 Å².